The molecule has 2 aliphatic rings. The first kappa shape index (κ1) is 19.2. The third-order valence-corrected chi connectivity index (χ3v) is 6.51. The van der Waals surface area contributed by atoms with Crippen LogP contribution in [-0.2, 0) is 22.4 Å². The van der Waals surface area contributed by atoms with Crippen molar-refractivity contribution in [3.05, 3.63) is 51.9 Å². The van der Waals surface area contributed by atoms with E-state index in [0.717, 1.165) is 34.6 Å². The molecule has 2 unspecified atom stereocenters. The van der Waals surface area contributed by atoms with Crippen molar-refractivity contribution in [2.75, 3.05) is 11.9 Å². The smallest absolute Gasteiger partial charge is 0.322 e. The standard InChI is InChI=1S/C21H20N4O3S/c1-12-7-8-14-15(10-22)19(29-16(14)9-12)23-17(26)11-25-20(27)18(24-21(25)28)13-5-3-2-4-6-13/h2-6,12,18H,7-9,11H2,1H3,(H,23,26)(H,24,28). The minimum absolute atomic E-state index is 0.391. The largest absolute Gasteiger partial charge is 0.325 e. The maximum atomic E-state index is 12.6. The highest BCUT2D eigenvalue weighted by atomic mass is 32.1. The Labute approximate surface area is 172 Å². The minimum atomic E-state index is -0.790. The average molecular weight is 408 g/mol. The molecule has 148 valence electrons. The quantitative estimate of drug-likeness (QED) is 0.759. The number of thiophene rings is 1. The number of nitrogens with zero attached hydrogens (tertiary/aromatic N) is 2. The zero-order chi connectivity index (χ0) is 20.5. The fourth-order valence-electron chi connectivity index (χ4n) is 3.81. The summed E-state index contributed by atoms with van der Waals surface area (Å²) in [6.45, 7) is 1.78. The number of fused-ring (bicyclic) bond motifs is 1. The molecule has 0 saturated carbocycles. The molecule has 0 radical (unpaired) electrons. The van der Waals surface area contributed by atoms with E-state index >= 15 is 0 Å². The van der Waals surface area contributed by atoms with Crippen molar-refractivity contribution in [3.63, 3.8) is 0 Å². The Hall–Kier alpha value is -3.18. The van der Waals surface area contributed by atoms with Crippen molar-refractivity contribution in [1.29, 1.82) is 5.26 Å². The van der Waals surface area contributed by atoms with Gasteiger partial charge in [0.2, 0.25) is 5.91 Å². The maximum Gasteiger partial charge on any atom is 0.325 e. The van der Waals surface area contributed by atoms with Crippen molar-refractivity contribution in [3.8, 4) is 6.07 Å². The summed E-state index contributed by atoms with van der Waals surface area (Å²) in [6, 6.07) is 9.71. The van der Waals surface area contributed by atoms with E-state index in [-0.39, 0.29) is 0 Å². The van der Waals surface area contributed by atoms with E-state index in [9.17, 15) is 19.6 Å². The van der Waals surface area contributed by atoms with E-state index in [1.165, 1.54) is 11.3 Å². The van der Waals surface area contributed by atoms with Crippen LogP contribution >= 0.6 is 11.3 Å². The first-order valence-corrected chi connectivity index (χ1v) is 10.3. The number of hydrogen-bond donors (Lipinski definition) is 2. The summed E-state index contributed by atoms with van der Waals surface area (Å²) in [5, 5.41) is 15.4. The number of anilines is 1. The topological polar surface area (TPSA) is 102 Å². The van der Waals surface area contributed by atoms with E-state index in [1.807, 2.05) is 6.07 Å². The molecule has 8 heteroatoms. The molecule has 4 rings (SSSR count). The number of nitrogens with one attached hydrogen (secondary N) is 2. The van der Waals surface area contributed by atoms with Gasteiger partial charge in [-0.3, -0.25) is 14.5 Å². The second kappa shape index (κ2) is 7.68. The van der Waals surface area contributed by atoms with Gasteiger partial charge in [0.1, 0.15) is 23.7 Å². The van der Waals surface area contributed by atoms with Crippen molar-refractivity contribution < 1.29 is 14.4 Å². The predicted molar refractivity (Wildman–Crippen MR) is 108 cm³/mol. The number of benzene rings is 1. The molecular weight excluding hydrogens is 388 g/mol. The molecule has 1 aromatic carbocycles. The van der Waals surface area contributed by atoms with Gasteiger partial charge in [-0.2, -0.15) is 5.26 Å². The van der Waals surface area contributed by atoms with Crippen LogP contribution < -0.4 is 10.6 Å². The van der Waals surface area contributed by atoms with Crippen LogP contribution in [0.1, 0.15) is 41.0 Å². The third kappa shape index (κ3) is 3.61. The van der Waals surface area contributed by atoms with E-state index < -0.39 is 30.4 Å². The van der Waals surface area contributed by atoms with Crippen LogP contribution in [0.4, 0.5) is 9.80 Å². The fraction of sp³-hybridized carbons (Fsp3) is 0.333. The summed E-state index contributed by atoms with van der Waals surface area (Å²) in [7, 11) is 0. The lowest BCUT2D eigenvalue weighted by atomic mass is 9.89. The van der Waals surface area contributed by atoms with Gasteiger partial charge in [-0.1, -0.05) is 37.3 Å². The summed E-state index contributed by atoms with van der Waals surface area (Å²) in [4.78, 5) is 39.5. The first-order chi connectivity index (χ1) is 14.0. The Kier molecular flexibility index (Phi) is 5.07. The molecule has 0 spiro atoms. The zero-order valence-corrected chi connectivity index (χ0v) is 16.7. The average Bonchev–Trinajstić information content (AvgIpc) is 3.19. The second-order valence-corrected chi connectivity index (χ2v) is 8.54. The number of amides is 4. The van der Waals surface area contributed by atoms with E-state index in [0.29, 0.717) is 22.0 Å². The summed E-state index contributed by atoms with van der Waals surface area (Å²) in [6.07, 6.45) is 2.75. The molecule has 1 aliphatic heterocycles. The summed E-state index contributed by atoms with van der Waals surface area (Å²) in [5.41, 5.74) is 2.19. The van der Waals surface area contributed by atoms with Gasteiger partial charge in [0, 0.05) is 4.88 Å². The molecule has 1 fully saturated rings. The Balaban J connectivity index is 1.47. The third-order valence-electron chi connectivity index (χ3n) is 5.34. The molecule has 2 atom stereocenters. The summed E-state index contributed by atoms with van der Waals surface area (Å²) >= 11 is 1.42. The van der Waals surface area contributed by atoms with Crippen LogP contribution in [0.3, 0.4) is 0 Å². The molecule has 4 amide bonds. The highest BCUT2D eigenvalue weighted by Crippen LogP contribution is 2.39. The molecule has 1 saturated heterocycles. The van der Waals surface area contributed by atoms with Crippen LogP contribution in [0, 0.1) is 17.2 Å². The van der Waals surface area contributed by atoms with Crippen LogP contribution in [0.15, 0.2) is 30.3 Å². The van der Waals surface area contributed by atoms with Crippen LogP contribution in [0.5, 0.6) is 0 Å². The van der Waals surface area contributed by atoms with Crippen molar-refractivity contribution in [1.82, 2.24) is 10.2 Å². The summed E-state index contributed by atoms with van der Waals surface area (Å²) in [5.74, 6) is -0.404. The number of carbonyl (C=O) groups excluding carboxylic acids is 3. The Bertz CT molecular complexity index is 1020. The molecule has 1 aromatic heterocycles. The number of carbonyl (C=O) groups is 3. The number of urea groups is 1. The van der Waals surface area contributed by atoms with Gasteiger partial charge in [-0.25, -0.2) is 4.79 Å². The molecule has 2 aromatic rings. The van der Waals surface area contributed by atoms with E-state index in [1.54, 1.807) is 24.3 Å². The minimum Gasteiger partial charge on any atom is -0.322 e. The zero-order valence-electron chi connectivity index (χ0n) is 15.9. The number of imide groups is 1. The van der Waals surface area contributed by atoms with Gasteiger partial charge in [-0.15, -0.1) is 11.3 Å². The Morgan fingerprint density at radius 2 is 2.10 bits per heavy atom. The monoisotopic (exact) mass is 408 g/mol. The molecule has 2 N–H and O–H groups in total. The molecule has 2 heterocycles. The van der Waals surface area contributed by atoms with E-state index in [4.69, 9.17) is 0 Å². The van der Waals surface area contributed by atoms with Gasteiger partial charge < -0.3 is 10.6 Å². The van der Waals surface area contributed by atoms with Gasteiger partial charge in [0.05, 0.1) is 5.56 Å². The van der Waals surface area contributed by atoms with Crippen molar-refractivity contribution in [2.45, 2.75) is 32.2 Å². The molecule has 0 bridgehead atoms. The Morgan fingerprint density at radius 1 is 1.34 bits per heavy atom. The fourth-order valence-corrected chi connectivity index (χ4v) is 5.18. The lowest BCUT2D eigenvalue weighted by Crippen LogP contribution is -2.38. The molecule has 29 heavy (non-hydrogen) atoms. The van der Waals surface area contributed by atoms with Gasteiger partial charge >= 0.3 is 6.03 Å². The predicted octanol–water partition coefficient (Wildman–Crippen LogP) is 2.98. The van der Waals surface area contributed by atoms with Crippen molar-refractivity contribution in [2.24, 2.45) is 5.92 Å². The number of rotatable bonds is 4. The van der Waals surface area contributed by atoms with Crippen LogP contribution in [0.25, 0.3) is 0 Å². The highest BCUT2D eigenvalue weighted by Gasteiger charge is 2.40. The number of nitriles is 1. The maximum absolute atomic E-state index is 12.6. The molecule has 7 nitrogen and oxygen atoms in total. The Morgan fingerprint density at radius 3 is 2.83 bits per heavy atom. The summed E-state index contributed by atoms with van der Waals surface area (Å²) < 4.78 is 0. The SMILES string of the molecule is CC1CCc2c(sc(NC(=O)CN3C(=O)NC(c4ccccc4)C3=O)c2C#N)C1. The lowest BCUT2D eigenvalue weighted by molar-refractivity contribution is -0.130. The van der Waals surface area contributed by atoms with Crippen molar-refractivity contribution >= 4 is 34.2 Å². The van der Waals surface area contributed by atoms with Gasteiger partial charge in [-0.05, 0) is 36.3 Å². The second-order valence-electron chi connectivity index (χ2n) is 7.43. The molecule has 1 aliphatic carbocycles. The van der Waals surface area contributed by atoms with Crippen LogP contribution in [-0.4, -0.2) is 29.3 Å². The number of hydrogen-bond acceptors (Lipinski definition) is 5. The van der Waals surface area contributed by atoms with Gasteiger partial charge in [0.15, 0.2) is 0 Å². The van der Waals surface area contributed by atoms with Gasteiger partial charge in [0.25, 0.3) is 5.91 Å². The lowest BCUT2D eigenvalue weighted by Gasteiger charge is -2.17. The normalized spacial score (nSPS) is 20.8. The first-order valence-electron chi connectivity index (χ1n) is 9.49. The molecular formula is C21H20N4O3S. The van der Waals surface area contributed by atoms with Crippen LogP contribution in [0.2, 0.25) is 0 Å². The van der Waals surface area contributed by atoms with E-state index in [2.05, 4.69) is 23.6 Å². The highest BCUT2D eigenvalue weighted by molar-refractivity contribution is 7.16.